The number of benzene rings is 2. The molecule has 0 saturated heterocycles. The van der Waals surface area contributed by atoms with Gasteiger partial charge in [0.15, 0.2) is 6.61 Å². The van der Waals surface area contributed by atoms with Gasteiger partial charge in [0.25, 0.3) is 5.91 Å². The van der Waals surface area contributed by atoms with Crippen LogP contribution in [0.15, 0.2) is 53.4 Å². The molecule has 0 aromatic heterocycles. The molecule has 1 amide bonds. The highest BCUT2D eigenvalue weighted by Crippen LogP contribution is 2.24. The van der Waals surface area contributed by atoms with Gasteiger partial charge in [-0.15, -0.1) is 0 Å². The molecule has 28 heavy (non-hydrogen) atoms. The second kappa shape index (κ2) is 10.2. The van der Waals surface area contributed by atoms with Crippen LogP contribution in [0.1, 0.15) is 25.0 Å². The summed E-state index contributed by atoms with van der Waals surface area (Å²) in [5, 5.41) is 2.82. The summed E-state index contributed by atoms with van der Waals surface area (Å²) in [4.78, 5) is 12.2. The lowest BCUT2D eigenvalue weighted by Crippen LogP contribution is -2.31. The molecule has 0 saturated carbocycles. The summed E-state index contributed by atoms with van der Waals surface area (Å²) in [6.07, 6.45) is 0.753. The fraction of sp³-hybridized carbons (Fsp3) is 0.381. The number of nitrogens with one attached hydrogen (secondary N) is 1. The van der Waals surface area contributed by atoms with Crippen molar-refractivity contribution < 1.29 is 17.9 Å². The highest BCUT2D eigenvalue weighted by atomic mass is 32.2. The Kier molecular flexibility index (Phi) is 8.02. The zero-order chi connectivity index (χ0) is 20.6. The second-order valence-electron chi connectivity index (χ2n) is 6.39. The number of sulfonamides is 1. The molecule has 0 atom stereocenters. The predicted octanol–water partition coefficient (Wildman–Crippen LogP) is 2.76. The molecule has 1 N–H and O–H groups in total. The molecule has 0 aliphatic heterocycles. The Morgan fingerprint density at radius 2 is 1.75 bits per heavy atom. The van der Waals surface area contributed by atoms with Gasteiger partial charge in [0, 0.05) is 19.6 Å². The van der Waals surface area contributed by atoms with Gasteiger partial charge in [-0.1, -0.05) is 44.2 Å². The molecule has 6 nitrogen and oxygen atoms in total. The standard InChI is InChI=1S/C21H28N2O4S/c1-4-23(5-2)28(25,26)19-11-12-20(17(3)15-19)27-16-21(24)22-14-13-18-9-7-6-8-10-18/h6-12,15H,4-5,13-14,16H2,1-3H3,(H,22,24). The molecule has 0 unspecified atom stereocenters. The van der Waals surface area contributed by atoms with E-state index in [4.69, 9.17) is 4.74 Å². The van der Waals surface area contributed by atoms with E-state index in [9.17, 15) is 13.2 Å². The molecule has 7 heteroatoms. The number of aryl methyl sites for hydroxylation is 1. The molecule has 0 aliphatic carbocycles. The van der Waals surface area contributed by atoms with Crippen molar-refractivity contribution in [2.24, 2.45) is 0 Å². The van der Waals surface area contributed by atoms with E-state index in [1.807, 2.05) is 44.2 Å². The Hall–Kier alpha value is -2.38. The first kappa shape index (κ1) is 21.9. The first-order chi connectivity index (χ1) is 13.4. The molecule has 152 valence electrons. The Labute approximate surface area is 167 Å². The zero-order valence-electron chi connectivity index (χ0n) is 16.6. The summed E-state index contributed by atoms with van der Waals surface area (Å²) in [7, 11) is -3.51. The molecule has 2 aromatic carbocycles. The monoisotopic (exact) mass is 404 g/mol. The first-order valence-electron chi connectivity index (χ1n) is 9.42. The third-order valence-corrected chi connectivity index (χ3v) is 6.47. The van der Waals surface area contributed by atoms with E-state index in [-0.39, 0.29) is 17.4 Å². The maximum Gasteiger partial charge on any atom is 0.257 e. The summed E-state index contributed by atoms with van der Waals surface area (Å²) in [6, 6.07) is 14.6. The highest BCUT2D eigenvalue weighted by molar-refractivity contribution is 7.89. The van der Waals surface area contributed by atoms with Crippen LogP contribution in [-0.2, 0) is 21.2 Å². The van der Waals surface area contributed by atoms with E-state index in [2.05, 4.69) is 5.32 Å². The van der Waals surface area contributed by atoms with Gasteiger partial charge >= 0.3 is 0 Å². The van der Waals surface area contributed by atoms with Gasteiger partial charge < -0.3 is 10.1 Å². The van der Waals surface area contributed by atoms with Crippen LogP contribution in [0.5, 0.6) is 5.75 Å². The lowest BCUT2D eigenvalue weighted by atomic mass is 10.1. The van der Waals surface area contributed by atoms with E-state index >= 15 is 0 Å². The molecule has 0 radical (unpaired) electrons. The number of nitrogens with zero attached hydrogens (tertiary/aromatic N) is 1. The van der Waals surface area contributed by atoms with E-state index in [0.29, 0.717) is 30.9 Å². The van der Waals surface area contributed by atoms with Crippen molar-refractivity contribution in [3.05, 3.63) is 59.7 Å². The van der Waals surface area contributed by atoms with Gasteiger partial charge in [-0.25, -0.2) is 8.42 Å². The largest absolute Gasteiger partial charge is 0.484 e. The minimum absolute atomic E-state index is 0.113. The fourth-order valence-electron chi connectivity index (χ4n) is 2.84. The SMILES string of the molecule is CCN(CC)S(=O)(=O)c1ccc(OCC(=O)NCCc2ccccc2)c(C)c1. The normalized spacial score (nSPS) is 11.4. The van der Waals surface area contributed by atoms with Gasteiger partial charge in [0.2, 0.25) is 10.0 Å². The first-order valence-corrected chi connectivity index (χ1v) is 10.9. The van der Waals surface area contributed by atoms with E-state index in [1.165, 1.54) is 10.4 Å². The molecule has 0 heterocycles. The van der Waals surface area contributed by atoms with Crippen molar-refractivity contribution in [1.29, 1.82) is 0 Å². The number of hydrogen-bond donors (Lipinski definition) is 1. The van der Waals surface area contributed by atoms with Crippen molar-refractivity contribution in [2.45, 2.75) is 32.1 Å². The van der Waals surface area contributed by atoms with Gasteiger partial charge in [0.05, 0.1) is 4.90 Å². The lowest BCUT2D eigenvalue weighted by Gasteiger charge is -2.19. The molecular formula is C21H28N2O4S. The maximum atomic E-state index is 12.6. The van der Waals surface area contributed by atoms with E-state index in [1.54, 1.807) is 19.1 Å². The number of carbonyl (C=O) groups is 1. The van der Waals surface area contributed by atoms with Crippen LogP contribution in [-0.4, -0.2) is 44.9 Å². The van der Waals surface area contributed by atoms with Crippen molar-refractivity contribution in [1.82, 2.24) is 9.62 Å². The van der Waals surface area contributed by atoms with Crippen molar-refractivity contribution in [3.8, 4) is 5.75 Å². The molecule has 0 spiro atoms. The van der Waals surface area contributed by atoms with Crippen molar-refractivity contribution >= 4 is 15.9 Å². The Bertz CT molecular complexity index is 879. The van der Waals surface area contributed by atoms with E-state index < -0.39 is 10.0 Å². The molecule has 0 fully saturated rings. The van der Waals surface area contributed by atoms with Gasteiger partial charge in [-0.2, -0.15) is 4.31 Å². The summed E-state index contributed by atoms with van der Waals surface area (Å²) in [5.41, 5.74) is 1.83. The summed E-state index contributed by atoms with van der Waals surface area (Å²) >= 11 is 0. The maximum absolute atomic E-state index is 12.6. The highest BCUT2D eigenvalue weighted by Gasteiger charge is 2.22. The van der Waals surface area contributed by atoms with Crippen LogP contribution in [0.4, 0.5) is 0 Å². The average molecular weight is 405 g/mol. The van der Waals surface area contributed by atoms with Crippen molar-refractivity contribution in [2.75, 3.05) is 26.2 Å². The molecule has 0 aliphatic rings. The zero-order valence-corrected chi connectivity index (χ0v) is 17.5. The smallest absolute Gasteiger partial charge is 0.257 e. The average Bonchev–Trinajstić information content (AvgIpc) is 2.68. The summed E-state index contributed by atoms with van der Waals surface area (Å²) in [5.74, 6) is 0.284. The van der Waals surface area contributed by atoms with Crippen LogP contribution in [0.3, 0.4) is 0 Å². The third kappa shape index (κ3) is 5.81. The van der Waals surface area contributed by atoms with Crippen LogP contribution < -0.4 is 10.1 Å². The minimum atomic E-state index is -3.51. The fourth-order valence-corrected chi connectivity index (χ4v) is 4.39. The number of ether oxygens (including phenoxy) is 1. The number of amides is 1. The third-order valence-electron chi connectivity index (χ3n) is 4.43. The molecule has 2 rings (SSSR count). The Morgan fingerprint density at radius 1 is 1.07 bits per heavy atom. The van der Waals surface area contributed by atoms with Crippen LogP contribution in [0.2, 0.25) is 0 Å². The number of rotatable bonds is 10. The molecular weight excluding hydrogens is 376 g/mol. The lowest BCUT2D eigenvalue weighted by molar-refractivity contribution is -0.123. The van der Waals surface area contributed by atoms with Crippen LogP contribution in [0, 0.1) is 6.92 Å². The summed E-state index contributed by atoms with van der Waals surface area (Å²) in [6.45, 7) is 6.63. The Morgan fingerprint density at radius 3 is 2.36 bits per heavy atom. The predicted molar refractivity (Wildman–Crippen MR) is 110 cm³/mol. The van der Waals surface area contributed by atoms with Gasteiger partial charge in [0.1, 0.15) is 5.75 Å². The van der Waals surface area contributed by atoms with Crippen LogP contribution in [0.25, 0.3) is 0 Å². The molecule has 0 bridgehead atoms. The molecule has 2 aromatic rings. The minimum Gasteiger partial charge on any atom is -0.484 e. The topological polar surface area (TPSA) is 75.7 Å². The number of hydrogen-bond acceptors (Lipinski definition) is 4. The van der Waals surface area contributed by atoms with Gasteiger partial charge in [-0.3, -0.25) is 4.79 Å². The van der Waals surface area contributed by atoms with E-state index in [0.717, 1.165) is 12.0 Å². The van der Waals surface area contributed by atoms with Crippen LogP contribution >= 0.6 is 0 Å². The Balaban J connectivity index is 1.90. The quantitative estimate of drug-likeness (QED) is 0.661. The number of carbonyl (C=O) groups excluding carboxylic acids is 1. The summed E-state index contributed by atoms with van der Waals surface area (Å²) < 4.78 is 32.1. The second-order valence-corrected chi connectivity index (χ2v) is 8.33. The van der Waals surface area contributed by atoms with Gasteiger partial charge in [-0.05, 0) is 42.7 Å². The van der Waals surface area contributed by atoms with Crippen molar-refractivity contribution in [3.63, 3.8) is 0 Å².